The number of fused-ring (bicyclic) bond motifs is 1. The maximum Gasteiger partial charge on any atom is 0.140 e. The molecule has 17 heavy (non-hydrogen) atoms. The largest absolute Gasteiger partial charge is 0.380 e. The molecule has 0 aliphatic heterocycles. The first-order valence-electron chi connectivity index (χ1n) is 5.52. The van der Waals surface area contributed by atoms with E-state index in [1.807, 2.05) is 54.6 Å². The number of aromatic amines is 1. The smallest absolute Gasteiger partial charge is 0.140 e. The number of hydrogen-bond acceptors (Lipinski definition) is 2. The lowest BCUT2D eigenvalue weighted by atomic mass is 10.1. The summed E-state index contributed by atoms with van der Waals surface area (Å²) < 4.78 is 0. The van der Waals surface area contributed by atoms with E-state index in [-0.39, 0.29) is 0 Å². The normalized spacial score (nSPS) is 12.8. The van der Waals surface area contributed by atoms with Crippen molar-refractivity contribution in [3.63, 3.8) is 0 Å². The second-order valence-corrected chi connectivity index (χ2v) is 3.95. The van der Waals surface area contributed by atoms with Crippen LogP contribution in [-0.2, 0) is 0 Å². The van der Waals surface area contributed by atoms with Crippen molar-refractivity contribution in [2.45, 2.75) is 6.10 Å². The van der Waals surface area contributed by atoms with Crippen LogP contribution in [0.2, 0.25) is 0 Å². The van der Waals surface area contributed by atoms with Crippen molar-refractivity contribution < 1.29 is 5.11 Å². The number of nitrogens with zero attached hydrogens (tertiary/aromatic N) is 1. The molecule has 3 aromatic rings. The third kappa shape index (κ3) is 1.81. The molecular weight excluding hydrogens is 212 g/mol. The van der Waals surface area contributed by atoms with Gasteiger partial charge in [0.1, 0.15) is 11.9 Å². The maximum atomic E-state index is 10.2. The number of para-hydroxylation sites is 2. The molecule has 0 bridgehead atoms. The zero-order valence-corrected chi connectivity index (χ0v) is 9.17. The van der Waals surface area contributed by atoms with Gasteiger partial charge in [-0.05, 0) is 17.7 Å². The number of rotatable bonds is 2. The quantitative estimate of drug-likeness (QED) is 0.703. The number of aliphatic hydroxyl groups excluding tert-OH is 1. The molecule has 0 amide bonds. The summed E-state index contributed by atoms with van der Waals surface area (Å²) in [5.41, 5.74) is 2.65. The lowest BCUT2D eigenvalue weighted by Crippen LogP contribution is -2.01. The summed E-state index contributed by atoms with van der Waals surface area (Å²) in [7, 11) is 0. The van der Waals surface area contributed by atoms with E-state index in [1.54, 1.807) is 0 Å². The Morgan fingerprint density at radius 3 is 2.41 bits per heavy atom. The van der Waals surface area contributed by atoms with Gasteiger partial charge in [0.2, 0.25) is 0 Å². The summed E-state index contributed by atoms with van der Waals surface area (Å²) in [5.74, 6) is 0.581. The monoisotopic (exact) mass is 224 g/mol. The average Bonchev–Trinajstić information content (AvgIpc) is 2.82. The standard InChI is InChI=1S/C14H12N2O/c17-13(10-6-2-1-3-7-10)14-15-11-8-4-5-9-12(11)16-14/h1-9,13,17H,(H,15,16)/t13-/m1/s1. The topological polar surface area (TPSA) is 48.9 Å². The third-order valence-corrected chi connectivity index (χ3v) is 2.78. The first-order valence-corrected chi connectivity index (χ1v) is 5.52. The molecule has 0 saturated carbocycles. The molecule has 0 unspecified atom stereocenters. The Bertz CT molecular complexity index is 598. The second kappa shape index (κ2) is 4.03. The predicted molar refractivity (Wildman–Crippen MR) is 66.6 cm³/mol. The Labute approximate surface area is 98.8 Å². The van der Waals surface area contributed by atoms with E-state index in [0.717, 1.165) is 16.6 Å². The molecule has 0 saturated heterocycles. The highest BCUT2D eigenvalue weighted by Crippen LogP contribution is 2.21. The van der Waals surface area contributed by atoms with Gasteiger partial charge in [-0.1, -0.05) is 42.5 Å². The number of hydrogen-bond donors (Lipinski definition) is 2. The van der Waals surface area contributed by atoms with Crippen molar-refractivity contribution in [2.75, 3.05) is 0 Å². The Morgan fingerprint density at radius 2 is 1.65 bits per heavy atom. The molecule has 2 N–H and O–H groups in total. The summed E-state index contributed by atoms with van der Waals surface area (Å²) >= 11 is 0. The van der Waals surface area contributed by atoms with Crippen LogP contribution in [0.25, 0.3) is 11.0 Å². The van der Waals surface area contributed by atoms with Gasteiger partial charge in [0.25, 0.3) is 0 Å². The Kier molecular flexibility index (Phi) is 2.38. The van der Waals surface area contributed by atoms with E-state index in [4.69, 9.17) is 0 Å². The highest BCUT2D eigenvalue weighted by Gasteiger charge is 2.13. The van der Waals surface area contributed by atoms with Gasteiger partial charge in [0.15, 0.2) is 0 Å². The number of aromatic nitrogens is 2. The van der Waals surface area contributed by atoms with E-state index < -0.39 is 6.10 Å². The highest BCUT2D eigenvalue weighted by molar-refractivity contribution is 5.74. The first kappa shape index (κ1) is 10.1. The molecule has 0 aliphatic rings. The number of nitrogens with one attached hydrogen (secondary N) is 1. The van der Waals surface area contributed by atoms with E-state index in [2.05, 4.69) is 9.97 Å². The van der Waals surface area contributed by atoms with Gasteiger partial charge >= 0.3 is 0 Å². The third-order valence-electron chi connectivity index (χ3n) is 2.78. The van der Waals surface area contributed by atoms with Crippen LogP contribution in [-0.4, -0.2) is 15.1 Å². The highest BCUT2D eigenvalue weighted by atomic mass is 16.3. The van der Waals surface area contributed by atoms with Crippen molar-refractivity contribution >= 4 is 11.0 Å². The van der Waals surface area contributed by atoms with Crippen molar-refractivity contribution in [1.82, 2.24) is 9.97 Å². The van der Waals surface area contributed by atoms with Crippen LogP contribution in [0.3, 0.4) is 0 Å². The van der Waals surface area contributed by atoms with Crippen molar-refractivity contribution in [3.8, 4) is 0 Å². The van der Waals surface area contributed by atoms with Gasteiger partial charge < -0.3 is 10.1 Å². The van der Waals surface area contributed by atoms with Gasteiger partial charge in [-0.3, -0.25) is 0 Å². The van der Waals surface area contributed by atoms with Gasteiger partial charge in [-0.15, -0.1) is 0 Å². The summed E-state index contributed by atoms with van der Waals surface area (Å²) in [6, 6.07) is 17.3. The van der Waals surface area contributed by atoms with Crippen molar-refractivity contribution in [2.24, 2.45) is 0 Å². The molecule has 0 fully saturated rings. The van der Waals surface area contributed by atoms with Crippen LogP contribution < -0.4 is 0 Å². The number of aliphatic hydroxyl groups is 1. The zero-order chi connectivity index (χ0) is 11.7. The van der Waals surface area contributed by atoms with Gasteiger partial charge in [-0.25, -0.2) is 4.98 Å². The van der Waals surface area contributed by atoms with Crippen LogP contribution >= 0.6 is 0 Å². The van der Waals surface area contributed by atoms with Crippen LogP contribution in [0.15, 0.2) is 54.6 Å². The number of H-pyrrole nitrogens is 1. The minimum absolute atomic E-state index is 0.581. The summed E-state index contributed by atoms with van der Waals surface area (Å²) in [6.07, 6.45) is -0.705. The zero-order valence-electron chi connectivity index (χ0n) is 9.17. The lowest BCUT2D eigenvalue weighted by molar-refractivity contribution is 0.211. The van der Waals surface area contributed by atoms with Crippen LogP contribution in [0.5, 0.6) is 0 Å². The number of benzene rings is 2. The minimum atomic E-state index is -0.705. The first-order chi connectivity index (χ1) is 8.34. The molecule has 0 radical (unpaired) electrons. The fraction of sp³-hybridized carbons (Fsp3) is 0.0714. The Balaban J connectivity index is 2.04. The molecule has 84 valence electrons. The summed E-state index contributed by atoms with van der Waals surface area (Å²) in [5, 5.41) is 10.2. The average molecular weight is 224 g/mol. The van der Waals surface area contributed by atoms with Gasteiger partial charge in [0.05, 0.1) is 11.0 Å². The fourth-order valence-corrected chi connectivity index (χ4v) is 1.90. The van der Waals surface area contributed by atoms with Crippen LogP contribution in [0, 0.1) is 0 Å². The Morgan fingerprint density at radius 1 is 0.941 bits per heavy atom. The molecular formula is C14H12N2O. The van der Waals surface area contributed by atoms with E-state index in [9.17, 15) is 5.11 Å². The molecule has 0 spiro atoms. The predicted octanol–water partition coefficient (Wildman–Crippen LogP) is 2.64. The molecule has 2 aromatic carbocycles. The van der Waals surface area contributed by atoms with Crippen LogP contribution in [0.4, 0.5) is 0 Å². The molecule has 1 aromatic heterocycles. The minimum Gasteiger partial charge on any atom is -0.380 e. The van der Waals surface area contributed by atoms with Crippen LogP contribution in [0.1, 0.15) is 17.5 Å². The van der Waals surface area contributed by atoms with E-state index in [0.29, 0.717) is 5.82 Å². The fourth-order valence-electron chi connectivity index (χ4n) is 1.90. The summed E-state index contributed by atoms with van der Waals surface area (Å²) in [6.45, 7) is 0. The van der Waals surface area contributed by atoms with Gasteiger partial charge in [0, 0.05) is 0 Å². The molecule has 1 heterocycles. The maximum absolute atomic E-state index is 10.2. The Hall–Kier alpha value is -2.13. The summed E-state index contributed by atoms with van der Waals surface area (Å²) in [4.78, 5) is 7.52. The van der Waals surface area contributed by atoms with E-state index in [1.165, 1.54) is 0 Å². The molecule has 3 rings (SSSR count). The molecule has 0 aliphatic carbocycles. The molecule has 3 heteroatoms. The molecule has 1 atom stereocenters. The number of imidazole rings is 1. The van der Waals surface area contributed by atoms with Gasteiger partial charge in [-0.2, -0.15) is 0 Å². The van der Waals surface area contributed by atoms with E-state index >= 15 is 0 Å². The molecule has 3 nitrogen and oxygen atoms in total. The SMILES string of the molecule is O[C@H](c1ccccc1)c1nc2ccccc2[nH]1. The second-order valence-electron chi connectivity index (χ2n) is 3.95. The van der Waals surface area contributed by atoms with Crippen molar-refractivity contribution in [3.05, 3.63) is 66.0 Å². The van der Waals surface area contributed by atoms with Crippen molar-refractivity contribution in [1.29, 1.82) is 0 Å². The lowest BCUT2D eigenvalue weighted by Gasteiger charge is -2.06.